The number of ether oxygens (including phenoxy) is 2. The molecule has 0 unspecified atom stereocenters. The third kappa shape index (κ3) is 9.86. The first-order chi connectivity index (χ1) is 15.8. The van der Waals surface area contributed by atoms with Crippen LogP contribution < -0.4 is 16.0 Å². The molecule has 0 aromatic heterocycles. The van der Waals surface area contributed by atoms with Gasteiger partial charge in [0.25, 0.3) is 0 Å². The van der Waals surface area contributed by atoms with E-state index in [2.05, 4.69) is 16.0 Å². The fraction of sp³-hybridized carbons (Fsp3) is 0.333. The average Bonchev–Trinajstić information content (AvgIpc) is 2.83. The van der Waals surface area contributed by atoms with Gasteiger partial charge in [0.1, 0.15) is 25.8 Å². The zero-order chi connectivity index (χ0) is 24.1. The summed E-state index contributed by atoms with van der Waals surface area (Å²) in [5, 5.41) is 7.35. The molecule has 0 bridgehead atoms. The first-order valence-electron chi connectivity index (χ1n) is 10.6. The van der Waals surface area contributed by atoms with Crippen LogP contribution >= 0.6 is 0 Å². The van der Waals surface area contributed by atoms with Crippen LogP contribution in [0.5, 0.6) is 0 Å². The second-order valence-corrected chi connectivity index (χ2v) is 7.57. The van der Waals surface area contributed by atoms with Crippen molar-refractivity contribution in [2.75, 3.05) is 13.1 Å². The Balaban J connectivity index is 1.69. The van der Waals surface area contributed by atoms with Gasteiger partial charge in [-0.05, 0) is 17.0 Å². The van der Waals surface area contributed by atoms with Crippen LogP contribution in [0.2, 0.25) is 0 Å². The van der Waals surface area contributed by atoms with E-state index in [0.29, 0.717) is 0 Å². The molecule has 0 fully saturated rings. The van der Waals surface area contributed by atoms with E-state index in [4.69, 9.17) is 9.47 Å². The van der Waals surface area contributed by atoms with Gasteiger partial charge in [-0.3, -0.25) is 14.4 Å². The summed E-state index contributed by atoms with van der Waals surface area (Å²) in [6.07, 6.45) is -0.738. The molecule has 0 radical (unpaired) electrons. The minimum Gasteiger partial charge on any atom is -0.460 e. The Labute approximate surface area is 192 Å². The quantitative estimate of drug-likeness (QED) is 0.445. The third-order valence-electron chi connectivity index (χ3n) is 4.53. The van der Waals surface area contributed by atoms with Crippen LogP contribution in [0, 0.1) is 5.92 Å². The van der Waals surface area contributed by atoms with Crippen molar-refractivity contribution in [2.24, 2.45) is 5.92 Å². The van der Waals surface area contributed by atoms with E-state index in [1.165, 1.54) is 0 Å². The molecule has 9 nitrogen and oxygen atoms in total. The van der Waals surface area contributed by atoms with Gasteiger partial charge in [-0.15, -0.1) is 0 Å². The highest BCUT2D eigenvalue weighted by Crippen LogP contribution is 2.05. The monoisotopic (exact) mass is 455 g/mol. The first-order valence-corrected chi connectivity index (χ1v) is 10.6. The number of carbonyl (C=O) groups is 4. The summed E-state index contributed by atoms with van der Waals surface area (Å²) in [6.45, 7) is 3.01. The Morgan fingerprint density at radius 3 is 1.85 bits per heavy atom. The highest BCUT2D eigenvalue weighted by atomic mass is 16.5. The number of carbonyl (C=O) groups excluding carboxylic acids is 4. The molecule has 0 aliphatic carbocycles. The van der Waals surface area contributed by atoms with E-state index in [0.717, 1.165) is 11.1 Å². The molecule has 0 aliphatic heterocycles. The molecule has 0 saturated heterocycles. The minimum absolute atomic E-state index is 0.0713. The van der Waals surface area contributed by atoms with E-state index in [1.54, 1.807) is 13.8 Å². The Morgan fingerprint density at radius 2 is 1.30 bits per heavy atom. The van der Waals surface area contributed by atoms with Gasteiger partial charge in [0.15, 0.2) is 0 Å². The molecule has 0 aliphatic rings. The molecular weight excluding hydrogens is 426 g/mol. The van der Waals surface area contributed by atoms with E-state index in [9.17, 15) is 19.2 Å². The lowest BCUT2D eigenvalue weighted by atomic mass is 10.0. The molecule has 0 saturated carbocycles. The van der Waals surface area contributed by atoms with Gasteiger partial charge in [-0.25, -0.2) is 4.79 Å². The molecule has 2 aromatic rings. The molecule has 0 heterocycles. The molecule has 1 atom stereocenters. The van der Waals surface area contributed by atoms with Gasteiger partial charge in [0.2, 0.25) is 11.8 Å². The van der Waals surface area contributed by atoms with Gasteiger partial charge >= 0.3 is 12.1 Å². The summed E-state index contributed by atoms with van der Waals surface area (Å²) in [5.41, 5.74) is 1.65. The molecule has 3 N–H and O–H groups in total. The van der Waals surface area contributed by atoms with Crippen molar-refractivity contribution >= 4 is 23.9 Å². The summed E-state index contributed by atoms with van der Waals surface area (Å²) in [7, 11) is 0. The summed E-state index contributed by atoms with van der Waals surface area (Å²) in [5.74, 6) is -1.94. The van der Waals surface area contributed by atoms with E-state index < -0.39 is 29.9 Å². The van der Waals surface area contributed by atoms with Crippen molar-refractivity contribution in [3.8, 4) is 0 Å². The van der Waals surface area contributed by atoms with Crippen LogP contribution in [0.1, 0.15) is 25.0 Å². The van der Waals surface area contributed by atoms with Crippen LogP contribution in [0.4, 0.5) is 4.79 Å². The smallest absolute Gasteiger partial charge is 0.408 e. The van der Waals surface area contributed by atoms with Gasteiger partial charge in [-0.2, -0.15) is 0 Å². The summed E-state index contributed by atoms with van der Waals surface area (Å²) in [4.78, 5) is 48.2. The number of nitrogens with one attached hydrogen (secondary N) is 3. The van der Waals surface area contributed by atoms with Crippen molar-refractivity contribution in [2.45, 2.75) is 33.1 Å². The number of hydrogen-bond donors (Lipinski definition) is 3. The summed E-state index contributed by atoms with van der Waals surface area (Å²) >= 11 is 0. The normalized spacial score (nSPS) is 11.2. The summed E-state index contributed by atoms with van der Waals surface area (Å²) in [6, 6.07) is 17.4. The van der Waals surface area contributed by atoms with E-state index in [1.807, 2.05) is 60.7 Å². The van der Waals surface area contributed by atoms with Crippen LogP contribution in [0.25, 0.3) is 0 Å². The van der Waals surface area contributed by atoms with Crippen molar-refractivity contribution in [3.63, 3.8) is 0 Å². The predicted octanol–water partition coefficient (Wildman–Crippen LogP) is 1.91. The third-order valence-corrected chi connectivity index (χ3v) is 4.53. The van der Waals surface area contributed by atoms with Gasteiger partial charge < -0.3 is 25.4 Å². The zero-order valence-corrected chi connectivity index (χ0v) is 18.7. The van der Waals surface area contributed by atoms with E-state index in [-0.39, 0.29) is 32.2 Å². The van der Waals surface area contributed by atoms with Crippen LogP contribution in [0.15, 0.2) is 60.7 Å². The fourth-order valence-corrected chi connectivity index (χ4v) is 2.73. The van der Waals surface area contributed by atoms with Crippen molar-refractivity contribution < 1.29 is 28.7 Å². The van der Waals surface area contributed by atoms with Gasteiger partial charge in [-0.1, -0.05) is 74.5 Å². The Hall–Kier alpha value is -3.88. The number of alkyl carbamates (subject to hydrolysis) is 1. The SMILES string of the molecule is CC(C)[C@@H](NC(=O)OCc1ccccc1)C(=O)NCC(=O)NCC(=O)OCc1ccccc1. The summed E-state index contributed by atoms with van der Waals surface area (Å²) < 4.78 is 10.2. The maximum absolute atomic E-state index is 12.4. The van der Waals surface area contributed by atoms with Gasteiger partial charge in [0, 0.05) is 0 Å². The number of benzene rings is 2. The lowest BCUT2D eigenvalue weighted by molar-refractivity contribution is -0.145. The molecule has 2 aromatic carbocycles. The van der Waals surface area contributed by atoms with Crippen LogP contribution in [0.3, 0.4) is 0 Å². The molecule has 2 rings (SSSR count). The van der Waals surface area contributed by atoms with Crippen molar-refractivity contribution in [1.82, 2.24) is 16.0 Å². The Kier molecular flexibility index (Phi) is 10.4. The predicted molar refractivity (Wildman–Crippen MR) is 121 cm³/mol. The second kappa shape index (κ2) is 13.5. The standard InChI is InChI=1S/C24H29N3O6/c1-17(2)22(27-24(31)33-16-19-11-7-4-8-12-19)23(30)26-13-20(28)25-14-21(29)32-15-18-9-5-3-6-10-18/h3-12,17,22H,13-16H2,1-2H3,(H,25,28)(H,26,30)(H,27,31)/t22-/m1/s1. The number of hydrogen-bond acceptors (Lipinski definition) is 6. The molecular formula is C24H29N3O6. The lowest BCUT2D eigenvalue weighted by Crippen LogP contribution is -2.51. The number of rotatable bonds is 11. The van der Waals surface area contributed by atoms with Gasteiger partial charge in [0.05, 0.1) is 6.54 Å². The van der Waals surface area contributed by atoms with Crippen molar-refractivity contribution in [3.05, 3.63) is 71.8 Å². The molecule has 3 amide bonds. The first kappa shape index (κ1) is 25.4. The van der Waals surface area contributed by atoms with Crippen molar-refractivity contribution in [1.29, 1.82) is 0 Å². The minimum atomic E-state index is -0.892. The highest BCUT2D eigenvalue weighted by Gasteiger charge is 2.25. The van der Waals surface area contributed by atoms with E-state index >= 15 is 0 Å². The molecule has 176 valence electrons. The molecule has 33 heavy (non-hydrogen) atoms. The Morgan fingerprint density at radius 1 is 0.758 bits per heavy atom. The van der Waals surface area contributed by atoms with Crippen LogP contribution in [-0.2, 0) is 37.1 Å². The number of esters is 1. The lowest BCUT2D eigenvalue weighted by Gasteiger charge is -2.21. The molecule has 0 spiro atoms. The average molecular weight is 456 g/mol. The van der Waals surface area contributed by atoms with Crippen LogP contribution in [-0.4, -0.2) is 43.0 Å². The molecule has 9 heteroatoms. The topological polar surface area (TPSA) is 123 Å². The second-order valence-electron chi connectivity index (χ2n) is 7.57. The Bertz CT molecular complexity index is 918. The maximum atomic E-state index is 12.4. The maximum Gasteiger partial charge on any atom is 0.408 e. The zero-order valence-electron chi connectivity index (χ0n) is 18.7. The fourth-order valence-electron chi connectivity index (χ4n) is 2.73. The highest BCUT2D eigenvalue weighted by molar-refractivity contribution is 5.90. The largest absolute Gasteiger partial charge is 0.460 e. The number of amides is 3.